The van der Waals surface area contributed by atoms with Crippen LogP contribution in [0.15, 0.2) is 72.9 Å². The van der Waals surface area contributed by atoms with Crippen molar-refractivity contribution in [3.8, 4) is 33.8 Å². The molecule has 0 aliphatic carbocycles. The third-order valence-corrected chi connectivity index (χ3v) is 5.33. The van der Waals surface area contributed by atoms with Gasteiger partial charge in [-0.05, 0) is 48.4 Å². The number of benzene rings is 2. The lowest BCUT2D eigenvalue weighted by Crippen LogP contribution is -1.91. The van der Waals surface area contributed by atoms with Crippen LogP contribution >= 0.6 is 0 Å². The number of rotatable bonds is 6. The summed E-state index contributed by atoms with van der Waals surface area (Å²) in [7, 11) is 0. The molecule has 31 heavy (non-hydrogen) atoms. The van der Waals surface area contributed by atoms with Gasteiger partial charge >= 0.3 is 0 Å². The Balaban J connectivity index is 1.67. The number of imidazole rings is 1. The van der Waals surface area contributed by atoms with Gasteiger partial charge in [-0.2, -0.15) is 0 Å². The molecule has 2 aromatic carbocycles. The highest BCUT2D eigenvalue weighted by atomic mass is 19.1. The lowest BCUT2D eigenvalue weighted by Gasteiger charge is -2.05. The molecule has 0 radical (unpaired) electrons. The van der Waals surface area contributed by atoms with Gasteiger partial charge in [0.1, 0.15) is 17.3 Å². The maximum Gasteiger partial charge on any atom is 0.138 e. The highest BCUT2D eigenvalue weighted by molar-refractivity contribution is 5.98. The molecular formula is C25H21FN4O. The fraction of sp³-hybridized carbons (Fsp3) is 0.120. The van der Waals surface area contributed by atoms with E-state index in [9.17, 15) is 9.50 Å². The highest BCUT2D eigenvalue weighted by Gasteiger charge is 2.18. The van der Waals surface area contributed by atoms with E-state index in [-0.39, 0.29) is 12.4 Å². The minimum Gasteiger partial charge on any atom is -0.396 e. The van der Waals surface area contributed by atoms with Crippen molar-refractivity contribution in [3.63, 3.8) is 0 Å². The number of aromatic amines is 2. The Labute approximate surface area is 178 Å². The Kier molecular flexibility index (Phi) is 5.06. The van der Waals surface area contributed by atoms with Crippen LogP contribution in [0.5, 0.6) is 0 Å². The van der Waals surface area contributed by atoms with Crippen LogP contribution in [0.1, 0.15) is 12.2 Å². The molecule has 0 amide bonds. The normalized spacial score (nSPS) is 11.3. The third kappa shape index (κ3) is 3.73. The molecule has 5 nitrogen and oxygen atoms in total. The first-order valence-electron chi connectivity index (χ1n) is 10.2. The molecule has 5 rings (SSSR count). The summed E-state index contributed by atoms with van der Waals surface area (Å²) in [6.07, 6.45) is 3.01. The van der Waals surface area contributed by atoms with Crippen molar-refractivity contribution in [1.29, 1.82) is 0 Å². The van der Waals surface area contributed by atoms with E-state index in [1.807, 2.05) is 24.3 Å². The van der Waals surface area contributed by atoms with E-state index >= 15 is 0 Å². The lowest BCUT2D eigenvalue weighted by atomic mass is 10.0. The SMILES string of the molecule is OCCCc1nc(-c2ccc(F)cc2)c(-c2ccnc3[nH]c(-c4ccccc4)cc23)[nH]1. The van der Waals surface area contributed by atoms with Crippen molar-refractivity contribution in [3.05, 3.63) is 84.6 Å². The van der Waals surface area contributed by atoms with Crippen LogP contribution in [-0.2, 0) is 6.42 Å². The van der Waals surface area contributed by atoms with Gasteiger partial charge in [-0.25, -0.2) is 14.4 Å². The van der Waals surface area contributed by atoms with Crippen molar-refractivity contribution in [1.82, 2.24) is 19.9 Å². The Hall–Kier alpha value is -3.77. The summed E-state index contributed by atoms with van der Waals surface area (Å²) < 4.78 is 13.5. The Morgan fingerprint density at radius 1 is 0.903 bits per heavy atom. The first kappa shape index (κ1) is 19.2. The molecule has 0 saturated carbocycles. The van der Waals surface area contributed by atoms with Crippen LogP contribution in [0.3, 0.4) is 0 Å². The molecule has 3 N–H and O–H groups in total. The zero-order chi connectivity index (χ0) is 21.2. The summed E-state index contributed by atoms with van der Waals surface area (Å²) in [6, 6.07) is 20.5. The Morgan fingerprint density at radius 2 is 1.71 bits per heavy atom. The Morgan fingerprint density at radius 3 is 2.48 bits per heavy atom. The van der Waals surface area contributed by atoms with E-state index in [2.05, 4.69) is 33.2 Å². The number of halogens is 1. The monoisotopic (exact) mass is 412 g/mol. The van der Waals surface area contributed by atoms with Gasteiger partial charge in [-0.15, -0.1) is 0 Å². The van der Waals surface area contributed by atoms with E-state index in [1.54, 1.807) is 18.3 Å². The molecule has 0 spiro atoms. The average molecular weight is 412 g/mol. The number of pyridine rings is 1. The zero-order valence-electron chi connectivity index (χ0n) is 16.8. The second-order valence-corrected chi connectivity index (χ2v) is 7.41. The van der Waals surface area contributed by atoms with Crippen LogP contribution in [0.4, 0.5) is 4.39 Å². The van der Waals surface area contributed by atoms with E-state index < -0.39 is 0 Å². The molecule has 0 saturated heterocycles. The number of fused-ring (bicyclic) bond motifs is 1. The molecule has 0 aliphatic rings. The van der Waals surface area contributed by atoms with E-state index in [4.69, 9.17) is 4.98 Å². The predicted molar refractivity (Wildman–Crippen MR) is 120 cm³/mol. The number of hydrogen-bond acceptors (Lipinski definition) is 3. The van der Waals surface area contributed by atoms with Gasteiger partial charge in [-0.3, -0.25) is 0 Å². The van der Waals surface area contributed by atoms with E-state index in [0.29, 0.717) is 12.8 Å². The minimum absolute atomic E-state index is 0.0969. The fourth-order valence-corrected chi connectivity index (χ4v) is 3.82. The number of nitrogens with zero attached hydrogens (tertiary/aromatic N) is 2. The van der Waals surface area contributed by atoms with E-state index in [0.717, 1.165) is 50.6 Å². The number of H-pyrrole nitrogens is 2. The number of hydrogen-bond donors (Lipinski definition) is 3. The van der Waals surface area contributed by atoms with Crippen LogP contribution in [0, 0.1) is 5.82 Å². The second kappa shape index (κ2) is 8.16. The summed E-state index contributed by atoms with van der Waals surface area (Å²) >= 11 is 0. The predicted octanol–water partition coefficient (Wildman–Crippen LogP) is 5.35. The van der Waals surface area contributed by atoms with Crippen molar-refractivity contribution in [2.75, 3.05) is 6.61 Å². The standard InChI is InChI=1S/C25H21FN4O/c26-18-10-8-17(9-11-18)23-24(30-22(29-23)7-4-14-31)19-12-13-27-25-20(19)15-21(28-25)16-5-2-1-3-6-16/h1-3,5-6,8-13,15,31H,4,7,14H2,(H,27,28)(H,29,30). The topological polar surface area (TPSA) is 77.6 Å². The van der Waals surface area contributed by atoms with Crippen LogP contribution in [-0.4, -0.2) is 31.6 Å². The number of aromatic nitrogens is 4. The molecule has 0 unspecified atom stereocenters. The summed E-state index contributed by atoms with van der Waals surface area (Å²) in [4.78, 5) is 16.1. The summed E-state index contributed by atoms with van der Waals surface area (Å²) in [5.41, 5.74) is 6.25. The van der Waals surface area contributed by atoms with Gasteiger partial charge in [0.05, 0.1) is 11.4 Å². The van der Waals surface area contributed by atoms with E-state index in [1.165, 1.54) is 12.1 Å². The van der Waals surface area contributed by atoms with Crippen LogP contribution in [0.2, 0.25) is 0 Å². The average Bonchev–Trinajstić information content (AvgIpc) is 3.43. The molecule has 0 aliphatic heterocycles. The molecule has 0 bridgehead atoms. The Bertz CT molecular complexity index is 1320. The maximum absolute atomic E-state index is 13.5. The quantitative estimate of drug-likeness (QED) is 0.352. The number of aliphatic hydroxyl groups excluding tert-OH is 1. The minimum atomic E-state index is -0.286. The van der Waals surface area contributed by atoms with Gasteiger partial charge in [0, 0.05) is 41.4 Å². The van der Waals surface area contributed by atoms with Crippen molar-refractivity contribution < 1.29 is 9.50 Å². The first-order valence-corrected chi connectivity index (χ1v) is 10.2. The second-order valence-electron chi connectivity index (χ2n) is 7.41. The smallest absolute Gasteiger partial charge is 0.138 e. The molecule has 0 atom stereocenters. The number of aliphatic hydroxyl groups is 1. The molecule has 0 fully saturated rings. The van der Waals surface area contributed by atoms with Gasteiger partial charge in [0.2, 0.25) is 0 Å². The van der Waals surface area contributed by atoms with Crippen LogP contribution in [0.25, 0.3) is 44.8 Å². The van der Waals surface area contributed by atoms with Crippen molar-refractivity contribution in [2.24, 2.45) is 0 Å². The van der Waals surface area contributed by atoms with Gasteiger partial charge in [0.25, 0.3) is 0 Å². The first-order chi connectivity index (χ1) is 15.2. The van der Waals surface area contributed by atoms with Gasteiger partial charge in [0.15, 0.2) is 0 Å². The van der Waals surface area contributed by atoms with Crippen molar-refractivity contribution >= 4 is 11.0 Å². The molecule has 5 aromatic rings. The zero-order valence-corrected chi connectivity index (χ0v) is 16.8. The largest absolute Gasteiger partial charge is 0.396 e. The summed E-state index contributed by atoms with van der Waals surface area (Å²) in [5, 5.41) is 10.2. The molecule has 3 aromatic heterocycles. The number of nitrogens with one attached hydrogen (secondary N) is 2. The maximum atomic E-state index is 13.5. The highest BCUT2D eigenvalue weighted by Crippen LogP contribution is 2.36. The van der Waals surface area contributed by atoms with Crippen LogP contribution < -0.4 is 0 Å². The van der Waals surface area contributed by atoms with Gasteiger partial charge in [-0.1, -0.05) is 30.3 Å². The summed E-state index contributed by atoms with van der Waals surface area (Å²) in [5.74, 6) is 0.498. The molecule has 6 heteroatoms. The fourth-order valence-electron chi connectivity index (χ4n) is 3.82. The van der Waals surface area contributed by atoms with Crippen molar-refractivity contribution in [2.45, 2.75) is 12.8 Å². The molecule has 154 valence electrons. The molecule has 3 heterocycles. The molecular weight excluding hydrogens is 391 g/mol. The lowest BCUT2D eigenvalue weighted by molar-refractivity contribution is 0.287. The van der Waals surface area contributed by atoms with Gasteiger partial charge < -0.3 is 15.1 Å². The summed E-state index contributed by atoms with van der Waals surface area (Å²) in [6.45, 7) is 0.0969. The number of aryl methyl sites for hydroxylation is 1. The third-order valence-electron chi connectivity index (χ3n) is 5.33.